The number of aliphatic carboxylic acids is 1. The molecular weight excluding hydrogens is 270 g/mol. The summed E-state index contributed by atoms with van der Waals surface area (Å²) >= 11 is 0. The number of carboxylic acid groups (broad SMARTS) is 1. The van der Waals surface area contributed by atoms with Crippen molar-refractivity contribution in [1.29, 1.82) is 5.41 Å². The Morgan fingerprint density at radius 1 is 1.14 bits per heavy atom. The molecule has 0 fully saturated rings. The minimum Gasteiger partial charge on any atom is -0.481 e. The van der Waals surface area contributed by atoms with Crippen molar-refractivity contribution in [3.8, 4) is 0 Å². The van der Waals surface area contributed by atoms with Crippen molar-refractivity contribution in [2.75, 3.05) is 6.54 Å². The van der Waals surface area contributed by atoms with Gasteiger partial charge in [-0.3, -0.25) is 15.0 Å². The molecule has 0 aliphatic carbocycles. The van der Waals surface area contributed by atoms with Crippen molar-refractivity contribution in [2.24, 2.45) is 5.73 Å². The molecule has 0 saturated carbocycles. The summed E-state index contributed by atoms with van der Waals surface area (Å²) in [6.45, 7) is 0.181. The van der Waals surface area contributed by atoms with Gasteiger partial charge in [0.15, 0.2) is 0 Å². The van der Waals surface area contributed by atoms with Gasteiger partial charge in [-0.2, -0.15) is 0 Å². The third-order valence-corrected chi connectivity index (χ3v) is 3.05. The summed E-state index contributed by atoms with van der Waals surface area (Å²) in [6, 6.07) is 7.50. The molecule has 5 N–H and O–H groups in total. The SMILES string of the molecule is N=C(N)c1ccc(CCCCC(=O)NCCC(=O)O)cc1. The fraction of sp³-hybridized carbons (Fsp3) is 0.400. The van der Waals surface area contributed by atoms with E-state index in [4.69, 9.17) is 16.2 Å². The number of amidine groups is 1. The molecule has 21 heavy (non-hydrogen) atoms. The van der Waals surface area contributed by atoms with Crippen LogP contribution in [0.4, 0.5) is 0 Å². The van der Waals surface area contributed by atoms with Crippen LogP contribution in [0, 0.1) is 5.41 Å². The van der Waals surface area contributed by atoms with Gasteiger partial charge < -0.3 is 16.2 Å². The van der Waals surface area contributed by atoms with Crippen molar-refractivity contribution >= 4 is 17.7 Å². The Kier molecular flexibility index (Phi) is 6.94. The van der Waals surface area contributed by atoms with Gasteiger partial charge in [-0.1, -0.05) is 24.3 Å². The number of nitrogens with two attached hydrogens (primary N) is 1. The van der Waals surface area contributed by atoms with Gasteiger partial charge in [0, 0.05) is 18.5 Å². The fourth-order valence-corrected chi connectivity index (χ4v) is 1.86. The molecule has 6 heteroatoms. The zero-order valence-electron chi connectivity index (χ0n) is 11.9. The molecule has 1 amide bonds. The number of carbonyl (C=O) groups is 2. The first-order chi connectivity index (χ1) is 9.99. The second kappa shape index (κ2) is 8.73. The van der Waals surface area contributed by atoms with Crippen molar-refractivity contribution in [1.82, 2.24) is 5.32 Å². The Hall–Kier alpha value is -2.37. The van der Waals surface area contributed by atoms with Crippen LogP contribution in [-0.2, 0) is 16.0 Å². The van der Waals surface area contributed by atoms with E-state index in [0.717, 1.165) is 24.8 Å². The molecule has 0 aliphatic rings. The lowest BCUT2D eigenvalue weighted by atomic mass is 10.0. The van der Waals surface area contributed by atoms with E-state index in [0.29, 0.717) is 12.0 Å². The standard InChI is InChI=1S/C15H21N3O3/c16-15(17)12-7-5-11(6-8-12)3-1-2-4-13(19)18-10-9-14(20)21/h5-8H,1-4,9-10H2,(H3,16,17)(H,18,19)(H,20,21). The first-order valence-electron chi connectivity index (χ1n) is 6.91. The summed E-state index contributed by atoms with van der Waals surface area (Å²) in [5, 5.41) is 18.3. The third kappa shape index (κ3) is 7.10. The van der Waals surface area contributed by atoms with Crippen LogP contribution in [0.25, 0.3) is 0 Å². The molecule has 0 bridgehead atoms. The van der Waals surface area contributed by atoms with Gasteiger partial charge in [0.2, 0.25) is 5.91 Å². The monoisotopic (exact) mass is 291 g/mol. The zero-order valence-corrected chi connectivity index (χ0v) is 11.9. The lowest BCUT2D eigenvalue weighted by molar-refractivity contribution is -0.136. The third-order valence-electron chi connectivity index (χ3n) is 3.05. The Balaban J connectivity index is 2.17. The number of carbonyl (C=O) groups excluding carboxylic acids is 1. The van der Waals surface area contributed by atoms with E-state index >= 15 is 0 Å². The van der Waals surface area contributed by atoms with E-state index in [1.165, 1.54) is 0 Å². The van der Waals surface area contributed by atoms with Crippen molar-refractivity contribution in [2.45, 2.75) is 32.1 Å². The van der Waals surface area contributed by atoms with Crippen LogP contribution in [0.5, 0.6) is 0 Å². The number of carboxylic acids is 1. The predicted octanol–water partition coefficient (Wildman–Crippen LogP) is 1.27. The Morgan fingerprint density at radius 2 is 1.81 bits per heavy atom. The fourth-order valence-electron chi connectivity index (χ4n) is 1.86. The topological polar surface area (TPSA) is 116 Å². The maximum absolute atomic E-state index is 11.4. The molecule has 1 aromatic rings. The first-order valence-corrected chi connectivity index (χ1v) is 6.91. The second-order valence-electron chi connectivity index (χ2n) is 4.81. The Bertz CT molecular complexity index is 497. The van der Waals surface area contributed by atoms with Gasteiger partial charge in [0.1, 0.15) is 5.84 Å². The highest BCUT2D eigenvalue weighted by atomic mass is 16.4. The quantitative estimate of drug-likeness (QED) is 0.311. The summed E-state index contributed by atoms with van der Waals surface area (Å²) < 4.78 is 0. The van der Waals surface area contributed by atoms with E-state index in [-0.39, 0.29) is 24.7 Å². The molecule has 0 saturated heterocycles. The van der Waals surface area contributed by atoms with E-state index in [1.54, 1.807) is 0 Å². The molecule has 1 aromatic carbocycles. The molecule has 6 nitrogen and oxygen atoms in total. The highest BCUT2D eigenvalue weighted by molar-refractivity contribution is 5.94. The molecule has 0 heterocycles. The van der Waals surface area contributed by atoms with Crippen molar-refractivity contribution in [3.63, 3.8) is 0 Å². The van der Waals surface area contributed by atoms with Crippen LogP contribution >= 0.6 is 0 Å². The summed E-state index contributed by atoms with van der Waals surface area (Å²) in [4.78, 5) is 21.7. The predicted molar refractivity (Wildman–Crippen MR) is 80.3 cm³/mol. The highest BCUT2D eigenvalue weighted by Gasteiger charge is 2.03. The van der Waals surface area contributed by atoms with Gasteiger partial charge in [0.25, 0.3) is 0 Å². The van der Waals surface area contributed by atoms with Gasteiger partial charge in [0.05, 0.1) is 6.42 Å². The number of nitrogens with one attached hydrogen (secondary N) is 2. The van der Waals surface area contributed by atoms with Gasteiger partial charge >= 0.3 is 5.97 Å². The number of unbranched alkanes of at least 4 members (excludes halogenated alkanes) is 1. The summed E-state index contributed by atoms with van der Waals surface area (Å²) in [6.07, 6.45) is 2.86. The van der Waals surface area contributed by atoms with Crippen LogP contribution in [-0.4, -0.2) is 29.4 Å². The van der Waals surface area contributed by atoms with Crippen LogP contribution in [0.15, 0.2) is 24.3 Å². The van der Waals surface area contributed by atoms with Crippen LogP contribution in [0.3, 0.4) is 0 Å². The zero-order chi connectivity index (χ0) is 15.7. The number of hydrogen-bond acceptors (Lipinski definition) is 3. The van der Waals surface area contributed by atoms with E-state index in [9.17, 15) is 9.59 Å². The average Bonchev–Trinajstić information content (AvgIpc) is 2.43. The number of amides is 1. The van der Waals surface area contributed by atoms with Crippen molar-refractivity contribution in [3.05, 3.63) is 35.4 Å². The Labute approximate surface area is 123 Å². The summed E-state index contributed by atoms with van der Waals surface area (Å²) in [5.41, 5.74) is 7.23. The number of benzene rings is 1. The molecule has 0 radical (unpaired) electrons. The largest absolute Gasteiger partial charge is 0.481 e. The maximum atomic E-state index is 11.4. The highest BCUT2D eigenvalue weighted by Crippen LogP contribution is 2.08. The van der Waals surface area contributed by atoms with E-state index < -0.39 is 5.97 Å². The normalized spacial score (nSPS) is 10.1. The molecule has 1 rings (SSSR count). The minimum absolute atomic E-state index is 0.0474. The van der Waals surface area contributed by atoms with Crippen LogP contribution in [0.1, 0.15) is 36.8 Å². The smallest absolute Gasteiger partial charge is 0.305 e. The number of nitrogen functional groups attached to an aromatic ring is 1. The molecule has 114 valence electrons. The Morgan fingerprint density at radius 3 is 2.38 bits per heavy atom. The lowest BCUT2D eigenvalue weighted by Crippen LogP contribution is -2.25. The number of hydrogen-bond donors (Lipinski definition) is 4. The molecular formula is C15H21N3O3. The summed E-state index contributed by atoms with van der Waals surface area (Å²) in [7, 11) is 0. The lowest BCUT2D eigenvalue weighted by Gasteiger charge is -2.05. The van der Waals surface area contributed by atoms with Crippen LogP contribution in [0.2, 0.25) is 0 Å². The van der Waals surface area contributed by atoms with Gasteiger partial charge in [-0.25, -0.2) is 0 Å². The van der Waals surface area contributed by atoms with Crippen LogP contribution < -0.4 is 11.1 Å². The second-order valence-corrected chi connectivity index (χ2v) is 4.81. The maximum Gasteiger partial charge on any atom is 0.305 e. The molecule has 0 aliphatic heterocycles. The minimum atomic E-state index is -0.913. The van der Waals surface area contributed by atoms with E-state index in [1.807, 2.05) is 24.3 Å². The van der Waals surface area contributed by atoms with Crippen molar-refractivity contribution < 1.29 is 14.7 Å². The molecule has 0 unspecified atom stereocenters. The summed E-state index contributed by atoms with van der Waals surface area (Å²) in [5.74, 6) is -0.966. The molecule has 0 aromatic heterocycles. The molecule has 0 spiro atoms. The number of aryl methyl sites for hydroxylation is 1. The van der Waals surface area contributed by atoms with Gasteiger partial charge in [-0.05, 0) is 24.8 Å². The molecule has 0 atom stereocenters. The van der Waals surface area contributed by atoms with Gasteiger partial charge in [-0.15, -0.1) is 0 Å². The first kappa shape index (κ1) is 16.7. The number of rotatable bonds is 9. The van der Waals surface area contributed by atoms with E-state index in [2.05, 4.69) is 5.32 Å². The average molecular weight is 291 g/mol.